The lowest BCUT2D eigenvalue weighted by atomic mass is 9.90. The Morgan fingerprint density at radius 1 is 1.00 bits per heavy atom. The first-order valence-corrected chi connectivity index (χ1v) is 10.5. The van der Waals surface area contributed by atoms with Gasteiger partial charge in [0, 0.05) is 18.5 Å². The predicted octanol–water partition coefficient (Wildman–Crippen LogP) is 3.30. The van der Waals surface area contributed by atoms with Crippen molar-refractivity contribution < 1.29 is 19.1 Å². The fraction of sp³-hybridized carbons (Fsp3) is 0.231. The summed E-state index contributed by atoms with van der Waals surface area (Å²) >= 11 is 0. The van der Waals surface area contributed by atoms with Crippen LogP contribution in [0.15, 0.2) is 78.9 Å². The normalized spacial score (nSPS) is 18.2. The Bertz CT molecular complexity index is 1120. The van der Waals surface area contributed by atoms with Gasteiger partial charge in [0.1, 0.15) is 5.75 Å². The lowest BCUT2D eigenvalue weighted by Crippen LogP contribution is -2.61. The molecule has 1 fully saturated rings. The molecule has 4 rings (SSSR count). The maximum atomic E-state index is 13.1. The quantitative estimate of drug-likeness (QED) is 0.651. The number of primary amides is 1. The molecule has 3 aromatic rings. The van der Waals surface area contributed by atoms with Crippen molar-refractivity contribution in [3.63, 3.8) is 0 Å². The largest absolute Gasteiger partial charge is 0.497 e. The fourth-order valence-corrected chi connectivity index (χ4v) is 4.06. The fourth-order valence-electron chi connectivity index (χ4n) is 4.06. The minimum absolute atomic E-state index is 0.0912. The maximum absolute atomic E-state index is 13.1. The molecule has 1 aliphatic heterocycles. The Morgan fingerprint density at radius 2 is 1.75 bits per heavy atom. The third-order valence-corrected chi connectivity index (χ3v) is 5.76. The molecule has 0 aliphatic carbocycles. The van der Waals surface area contributed by atoms with Gasteiger partial charge in [-0.05, 0) is 34.9 Å². The molecule has 1 unspecified atom stereocenters. The molecule has 164 valence electrons. The number of amides is 2. The van der Waals surface area contributed by atoms with Crippen LogP contribution in [0, 0.1) is 0 Å². The van der Waals surface area contributed by atoms with Crippen LogP contribution in [0.25, 0.3) is 11.1 Å². The molecule has 0 spiro atoms. The van der Waals surface area contributed by atoms with E-state index in [0.717, 1.165) is 16.7 Å². The Labute approximate surface area is 187 Å². The van der Waals surface area contributed by atoms with Crippen LogP contribution in [0.3, 0.4) is 0 Å². The van der Waals surface area contributed by atoms with Crippen LogP contribution in [0.1, 0.15) is 15.9 Å². The summed E-state index contributed by atoms with van der Waals surface area (Å²) in [6.45, 7) is 0.708. The van der Waals surface area contributed by atoms with Crippen molar-refractivity contribution in [3.8, 4) is 16.9 Å². The molecule has 3 aromatic carbocycles. The zero-order valence-corrected chi connectivity index (χ0v) is 18.0. The SMILES string of the molecule is COc1cccc(C(=O)N2CCOC(Cc3cccc(-c4ccccc4)c3)(C(N)=O)C2)c1. The van der Waals surface area contributed by atoms with Gasteiger partial charge in [-0.25, -0.2) is 0 Å². The second kappa shape index (κ2) is 9.24. The van der Waals surface area contributed by atoms with E-state index in [2.05, 4.69) is 0 Å². The highest BCUT2D eigenvalue weighted by Crippen LogP contribution is 2.27. The van der Waals surface area contributed by atoms with Gasteiger partial charge in [-0.1, -0.05) is 60.7 Å². The monoisotopic (exact) mass is 430 g/mol. The maximum Gasteiger partial charge on any atom is 0.254 e. The third kappa shape index (κ3) is 4.50. The van der Waals surface area contributed by atoms with Gasteiger partial charge in [0.15, 0.2) is 5.60 Å². The van der Waals surface area contributed by atoms with E-state index in [1.807, 2.05) is 54.6 Å². The number of benzene rings is 3. The summed E-state index contributed by atoms with van der Waals surface area (Å²) in [5.74, 6) is -0.162. The van der Waals surface area contributed by atoms with Gasteiger partial charge in [-0.2, -0.15) is 0 Å². The third-order valence-electron chi connectivity index (χ3n) is 5.76. The summed E-state index contributed by atoms with van der Waals surface area (Å²) in [6.07, 6.45) is 0.283. The van der Waals surface area contributed by atoms with E-state index in [4.69, 9.17) is 15.2 Å². The van der Waals surface area contributed by atoms with Crippen LogP contribution in [-0.2, 0) is 16.0 Å². The summed E-state index contributed by atoms with van der Waals surface area (Å²) in [6, 6.07) is 24.9. The number of hydrogen-bond donors (Lipinski definition) is 1. The number of nitrogens with zero attached hydrogens (tertiary/aromatic N) is 1. The van der Waals surface area contributed by atoms with Crippen LogP contribution < -0.4 is 10.5 Å². The molecule has 1 heterocycles. The van der Waals surface area contributed by atoms with E-state index < -0.39 is 11.5 Å². The summed E-state index contributed by atoms with van der Waals surface area (Å²) in [5, 5.41) is 0. The molecule has 0 aromatic heterocycles. The average molecular weight is 431 g/mol. The van der Waals surface area contributed by atoms with Crippen molar-refractivity contribution in [2.24, 2.45) is 5.73 Å². The van der Waals surface area contributed by atoms with E-state index in [1.54, 1.807) is 36.3 Å². The Balaban J connectivity index is 1.58. The lowest BCUT2D eigenvalue weighted by molar-refractivity contribution is -0.153. The zero-order chi connectivity index (χ0) is 22.6. The van der Waals surface area contributed by atoms with Gasteiger partial charge >= 0.3 is 0 Å². The van der Waals surface area contributed by atoms with Gasteiger partial charge in [0.2, 0.25) is 0 Å². The molecule has 2 N–H and O–H groups in total. The Kier molecular flexibility index (Phi) is 6.23. The van der Waals surface area contributed by atoms with E-state index in [9.17, 15) is 9.59 Å². The first-order valence-electron chi connectivity index (χ1n) is 10.5. The van der Waals surface area contributed by atoms with Gasteiger partial charge in [0.05, 0.1) is 20.3 Å². The summed E-state index contributed by atoms with van der Waals surface area (Å²) in [5.41, 5.74) is 8.08. The number of nitrogens with two attached hydrogens (primary N) is 1. The molecule has 1 saturated heterocycles. The summed E-state index contributed by atoms with van der Waals surface area (Å²) in [4.78, 5) is 27.3. The highest BCUT2D eigenvalue weighted by Gasteiger charge is 2.44. The molecule has 0 radical (unpaired) electrons. The number of rotatable bonds is 6. The molecular formula is C26H26N2O4. The first kappa shape index (κ1) is 21.6. The highest BCUT2D eigenvalue weighted by molar-refractivity contribution is 5.95. The number of carbonyl (C=O) groups is 2. The van der Waals surface area contributed by atoms with E-state index in [0.29, 0.717) is 17.9 Å². The number of carbonyl (C=O) groups excluding carboxylic acids is 2. The Morgan fingerprint density at radius 3 is 2.50 bits per heavy atom. The topological polar surface area (TPSA) is 81.9 Å². The summed E-state index contributed by atoms with van der Waals surface area (Å²) in [7, 11) is 1.56. The number of morpholine rings is 1. The standard InChI is InChI=1S/C26H26N2O4/c1-31-23-12-6-11-22(16-23)24(29)28-13-14-32-26(18-28,25(27)30)17-19-7-5-10-21(15-19)20-8-3-2-4-9-20/h2-12,15-16H,13-14,17-18H2,1H3,(H2,27,30). The molecule has 2 amide bonds. The minimum atomic E-state index is -1.29. The van der Waals surface area contributed by atoms with Crippen molar-refractivity contribution in [1.82, 2.24) is 4.90 Å². The average Bonchev–Trinajstić information content (AvgIpc) is 2.84. The van der Waals surface area contributed by atoms with Crippen molar-refractivity contribution in [3.05, 3.63) is 90.0 Å². The summed E-state index contributed by atoms with van der Waals surface area (Å²) < 4.78 is 11.2. The van der Waals surface area contributed by atoms with Crippen molar-refractivity contribution >= 4 is 11.8 Å². The second-order valence-electron chi connectivity index (χ2n) is 7.91. The van der Waals surface area contributed by atoms with Crippen LogP contribution in [0.2, 0.25) is 0 Å². The Hall–Kier alpha value is -3.64. The first-order chi connectivity index (χ1) is 15.5. The van der Waals surface area contributed by atoms with E-state index in [-0.39, 0.29) is 25.5 Å². The van der Waals surface area contributed by atoms with Gasteiger partial charge in [-0.15, -0.1) is 0 Å². The smallest absolute Gasteiger partial charge is 0.254 e. The molecule has 6 heteroatoms. The number of ether oxygens (including phenoxy) is 2. The van der Waals surface area contributed by atoms with Crippen molar-refractivity contribution in [1.29, 1.82) is 0 Å². The molecular weight excluding hydrogens is 404 g/mol. The van der Waals surface area contributed by atoms with Crippen LogP contribution in [0.5, 0.6) is 5.75 Å². The lowest BCUT2D eigenvalue weighted by Gasteiger charge is -2.40. The van der Waals surface area contributed by atoms with Gasteiger partial charge in [-0.3, -0.25) is 9.59 Å². The van der Waals surface area contributed by atoms with Crippen LogP contribution in [-0.4, -0.2) is 49.1 Å². The van der Waals surface area contributed by atoms with Crippen LogP contribution in [0.4, 0.5) is 0 Å². The molecule has 0 saturated carbocycles. The van der Waals surface area contributed by atoms with Crippen LogP contribution >= 0.6 is 0 Å². The predicted molar refractivity (Wildman–Crippen MR) is 122 cm³/mol. The molecule has 0 bridgehead atoms. The van der Waals surface area contributed by atoms with Crippen molar-refractivity contribution in [2.75, 3.05) is 26.8 Å². The van der Waals surface area contributed by atoms with Crippen molar-refractivity contribution in [2.45, 2.75) is 12.0 Å². The van der Waals surface area contributed by atoms with E-state index in [1.165, 1.54) is 0 Å². The zero-order valence-electron chi connectivity index (χ0n) is 18.0. The number of methoxy groups -OCH3 is 1. The van der Waals surface area contributed by atoms with E-state index >= 15 is 0 Å². The minimum Gasteiger partial charge on any atom is -0.497 e. The van der Waals surface area contributed by atoms with Gasteiger partial charge < -0.3 is 20.1 Å². The molecule has 32 heavy (non-hydrogen) atoms. The molecule has 6 nitrogen and oxygen atoms in total. The van der Waals surface area contributed by atoms with Gasteiger partial charge in [0.25, 0.3) is 11.8 Å². The number of hydrogen-bond acceptors (Lipinski definition) is 4. The highest BCUT2D eigenvalue weighted by atomic mass is 16.5. The molecule has 1 aliphatic rings. The molecule has 1 atom stereocenters. The second-order valence-corrected chi connectivity index (χ2v) is 7.91.